The fraction of sp³-hybridized carbons (Fsp3) is 0.700. The molecule has 1 aromatic rings. The molecule has 2 N–H and O–H groups in total. The Morgan fingerprint density at radius 1 is 1.62 bits per heavy atom. The Labute approximate surface area is 93.6 Å². The molecule has 0 aliphatic heterocycles. The lowest BCUT2D eigenvalue weighted by atomic mass is 10.0. The number of aryl methyl sites for hydroxylation is 1. The van der Waals surface area contributed by atoms with E-state index in [1.807, 2.05) is 6.92 Å². The summed E-state index contributed by atoms with van der Waals surface area (Å²) >= 11 is 0. The topological polar surface area (TPSA) is 87.0 Å². The molecule has 1 saturated carbocycles. The second-order valence-electron chi connectivity index (χ2n) is 4.85. The van der Waals surface area contributed by atoms with Crippen LogP contribution in [0.3, 0.4) is 0 Å². The van der Waals surface area contributed by atoms with Crippen LogP contribution in [-0.4, -0.2) is 14.7 Å². The molecule has 1 aliphatic carbocycles. The first-order valence-corrected chi connectivity index (χ1v) is 5.36. The summed E-state index contributed by atoms with van der Waals surface area (Å²) in [5, 5.41) is 15.0. The molecule has 2 rings (SSSR count). The summed E-state index contributed by atoms with van der Waals surface area (Å²) in [6.45, 7) is 5.78. The van der Waals surface area contributed by atoms with Crippen LogP contribution < -0.4 is 5.73 Å². The molecule has 16 heavy (non-hydrogen) atoms. The van der Waals surface area contributed by atoms with Gasteiger partial charge in [-0.05, 0) is 32.1 Å². The van der Waals surface area contributed by atoms with E-state index < -0.39 is 4.92 Å². The summed E-state index contributed by atoms with van der Waals surface area (Å²) in [6, 6.07) is 0.111. The lowest BCUT2D eigenvalue weighted by Gasteiger charge is -2.19. The number of hydrogen-bond donors (Lipinski definition) is 1. The van der Waals surface area contributed by atoms with Crippen LogP contribution in [0.2, 0.25) is 0 Å². The number of nitrogen functional groups attached to an aromatic ring is 1. The predicted octanol–water partition coefficient (Wildman–Crippen LogP) is 2.04. The van der Waals surface area contributed by atoms with Crippen molar-refractivity contribution in [1.29, 1.82) is 0 Å². The highest BCUT2D eigenvalue weighted by Gasteiger charge is 2.45. The van der Waals surface area contributed by atoms with Crippen LogP contribution in [0.25, 0.3) is 0 Å². The van der Waals surface area contributed by atoms with Crippen LogP contribution >= 0.6 is 0 Å². The third kappa shape index (κ3) is 1.45. The van der Waals surface area contributed by atoms with Gasteiger partial charge in [-0.2, -0.15) is 5.10 Å². The number of nitrogens with two attached hydrogens (primary N) is 1. The molecule has 0 saturated heterocycles. The van der Waals surface area contributed by atoms with Crippen LogP contribution in [0, 0.1) is 22.5 Å². The van der Waals surface area contributed by atoms with Gasteiger partial charge in [0.25, 0.3) is 0 Å². The van der Waals surface area contributed by atoms with Gasteiger partial charge in [-0.3, -0.25) is 10.1 Å². The minimum atomic E-state index is -0.462. The van der Waals surface area contributed by atoms with Gasteiger partial charge in [0.2, 0.25) is 5.82 Å². The van der Waals surface area contributed by atoms with Crippen molar-refractivity contribution < 1.29 is 4.92 Å². The van der Waals surface area contributed by atoms with Gasteiger partial charge in [0.15, 0.2) is 0 Å². The molecule has 1 aliphatic rings. The molecule has 0 bridgehead atoms. The summed E-state index contributed by atoms with van der Waals surface area (Å²) in [4.78, 5) is 10.4. The normalized spacial score (nSPS) is 19.4. The van der Waals surface area contributed by atoms with Crippen LogP contribution in [-0.2, 0) is 0 Å². The first-order valence-electron chi connectivity index (χ1n) is 5.36. The summed E-state index contributed by atoms with van der Waals surface area (Å²) in [6.07, 6.45) is 2.25. The molecule has 6 heteroatoms. The van der Waals surface area contributed by atoms with Gasteiger partial charge in [-0.25, -0.2) is 4.68 Å². The van der Waals surface area contributed by atoms with Crippen LogP contribution in [0.1, 0.15) is 38.4 Å². The number of anilines is 1. The Kier molecular flexibility index (Phi) is 2.18. The van der Waals surface area contributed by atoms with Crippen molar-refractivity contribution in [1.82, 2.24) is 9.78 Å². The largest absolute Gasteiger partial charge is 0.378 e. The van der Waals surface area contributed by atoms with E-state index in [2.05, 4.69) is 12.0 Å². The van der Waals surface area contributed by atoms with Crippen molar-refractivity contribution in [3.8, 4) is 0 Å². The van der Waals surface area contributed by atoms with E-state index in [-0.39, 0.29) is 23.0 Å². The second-order valence-corrected chi connectivity index (χ2v) is 4.85. The van der Waals surface area contributed by atoms with Crippen LogP contribution in [0.5, 0.6) is 0 Å². The molecule has 0 radical (unpaired) electrons. The van der Waals surface area contributed by atoms with Crippen LogP contribution in [0.4, 0.5) is 11.5 Å². The first-order chi connectivity index (χ1) is 7.37. The minimum Gasteiger partial charge on any atom is -0.378 e. The molecule has 1 atom stereocenters. The molecule has 0 amide bonds. The number of nitrogens with zero attached hydrogens (tertiary/aromatic N) is 3. The van der Waals surface area contributed by atoms with E-state index >= 15 is 0 Å². The molecule has 1 heterocycles. The fourth-order valence-electron chi connectivity index (χ4n) is 1.99. The van der Waals surface area contributed by atoms with E-state index in [1.54, 1.807) is 11.6 Å². The Hall–Kier alpha value is -1.59. The van der Waals surface area contributed by atoms with Crippen molar-refractivity contribution in [3.05, 3.63) is 15.8 Å². The molecule has 88 valence electrons. The number of hydrogen-bond acceptors (Lipinski definition) is 4. The minimum absolute atomic E-state index is 0.0592. The highest BCUT2D eigenvalue weighted by atomic mass is 16.6. The van der Waals surface area contributed by atoms with Gasteiger partial charge in [-0.1, -0.05) is 6.92 Å². The van der Waals surface area contributed by atoms with Crippen molar-refractivity contribution >= 4 is 11.5 Å². The molecule has 0 aromatic carbocycles. The maximum absolute atomic E-state index is 10.8. The Morgan fingerprint density at radius 2 is 2.19 bits per heavy atom. The van der Waals surface area contributed by atoms with E-state index in [4.69, 9.17) is 5.73 Å². The van der Waals surface area contributed by atoms with Crippen molar-refractivity contribution in [2.45, 2.75) is 39.7 Å². The second kappa shape index (κ2) is 3.20. The summed E-state index contributed by atoms with van der Waals surface area (Å²) in [5.74, 6) is 0.170. The first kappa shape index (κ1) is 10.9. The van der Waals surface area contributed by atoms with Gasteiger partial charge in [0, 0.05) is 0 Å². The van der Waals surface area contributed by atoms with Crippen molar-refractivity contribution in [2.24, 2.45) is 5.41 Å². The third-order valence-corrected chi connectivity index (χ3v) is 3.69. The van der Waals surface area contributed by atoms with Gasteiger partial charge < -0.3 is 5.73 Å². The lowest BCUT2D eigenvalue weighted by molar-refractivity contribution is -0.384. The molecular weight excluding hydrogens is 208 g/mol. The Bertz CT molecular complexity index is 448. The summed E-state index contributed by atoms with van der Waals surface area (Å²) in [5.41, 5.74) is 6.31. The van der Waals surface area contributed by atoms with Gasteiger partial charge >= 0.3 is 5.69 Å². The Balaban J connectivity index is 2.43. The average molecular weight is 224 g/mol. The number of rotatable bonds is 3. The van der Waals surface area contributed by atoms with Crippen molar-refractivity contribution in [3.63, 3.8) is 0 Å². The molecule has 1 unspecified atom stereocenters. The molecule has 6 nitrogen and oxygen atoms in total. The molecule has 1 aromatic heterocycles. The predicted molar refractivity (Wildman–Crippen MR) is 60.1 cm³/mol. The summed E-state index contributed by atoms with van der Waals surface area (Å²) < 4.78 is 1.60. The highest BCUT2D eigenvalue weighted by molar-refractivity contribution is 5.56. The van der Waals surface area contributed by atoms with Crippen molar-refractivity contribution in [2.75, 3.05) is 5.73 Å². The highest BCUT2D eigenvalue weighted by Crippen LogP contribution is 2.54. The van der Waals surface area contributed by atoms with E-state index in [0.29, 0.717) is 5.69 Å². The standard InChI is InChI=1S/C10H16N4O2/c1-6-8(14(15)16)9(11)13(12-6)7(2)10(3)4-5-10/h7H,4-5,11H2,1-3H3. The fourth-order valence-corrected chi connectivity index (χ4v) is 1.99. The monoisotopic (exact) mass is 224 g/mol. The zero-order chi connectivity index (χ0) is 12.1. The van der Waals surface area contributed by atoms with Gasteiger partial charge in [-0.15, -0.1) is 0 Å². The van der Waals surface area contributed by atoms with E-state index in [1.165, 1.54) is 0 Å². The molecule has 1 fully saturated rings. The van der Waals surface area contributed by atoms with Gasteiger partial charge in [0.1, 0.15) is 5.69 Å². The SMILES string of the molecule is Cc1nn(C(C)C2(C)CC2)c(N)c1[N+](=O)[O-]. The van der Waals surface area contributed by atoms with Crippen LogP contribution in [0.15, 0.2) is 0 Å². The molecular formula is C10H16N4O2. The lowest BCUT2D eigenvalue weighted by Crippen LogP contribution is -2.18. The maximum Gasteiger partial charge on any atom is 0.333 e. The maximum atomic E-state index is 10.8. The van der Waals surface area contributed by atoms with E-state index in [0.717, 1.165) is 12.8 Å². The zero-order valence-corrected chi connectivity index (χ0v) is 9.73. The quantitative estimate of drug-likeness (QED) is 0.628. The molecule has 0 spiro atoms. The number of nitro groups is 1. The van der Waals surface area contributed by atoms with E-state index in [9.17, 15) is 10.1 Å². The zero-order valence-electron chi connectivity index (χ0n) is 9.73. The van der Waals surface area contributed by atoms with Gasteiger partial charge in [0.05, 0.1) is 11.0 Å². The smallest absolute Gasteiger partial charge is 0.333 e. The average Bonchev–Trinajstić information content (AvgIpc) is 2.85. The summed E-state index contributed by atoms with van der Waals surface area (Å²) in [7, 11) is 0. The number of aromatic nitrogens is 2. The Morgan fingerprint density at radius 3 is 2.56 bits per heavy atom. The third-order valence-electron chi connectivity index (χ3n) is 3.69.